The maximum Gasteiger partial charge on any atom is 0.245 e. The van der Waals surface area contributed by atoms with Crippen molar-refractivity contribution in [3.05, 3.63) is 60.2 Å². The fourth-order valence-corrected chi connectivity index (χ4v) is 4.30. The molecule has 2 heterocycles. The Labute approximate surface area is 188 Å². The Bertz CT molecular complexity index is 914. The molecule has 2 saturated heterocycles. The molecular formula is C25H30N2O5. The van der Waals surface area contributed by atoms with Crippen molar-refractivity contribution in [3.63, 3.8) is 0 Å². The van der Waals surface area contributed by atoms with Crippen LogP contribution in [0.5, 0.6) is 11.5 Å². The lowest BCUT2D eigenvalue weighted by atomic mass is 10.1. The molecule has 0 bridgehead atoms. The highest BCUT2D eigenvalue weighted by Crippen LogP contribution is 2.26. The zero-order chi connectivity index (χ0) is 22.3. The summed E-state index contributed by atoms with van der Waals surface area (Å²) in [5, 5.41) is 0. The molecule has 2 aromatic carbocycles. The van der Waals surface area contributed by atoms with Crippen LogP contribution in [0.4, 0.5) is 0 Å². The second-order valence-corrected chi connectivity index (χ2v) is 8.14. The summed E-state index contributed by atoms with van der Waals surface area (Å²) in [7, 11) is 1.63. The van der Waals surface area contributed by atoms with Crippen LogP contribution < -0.4 is 9.47 Å². The lowest BCUT2D eigenvalue weighted by Gasteiger charge is -2.32. The average molecular weight is 439 g/mol. The smallest absolute Gasteiger partial charge is 0.245 e. The molecule has 7 heteroatoms. The molecule has 0 radical (unpaired) electrons. The number of nitrogens with zero attached hydrogens (tertiary/aromatic N) is 2. The van der Waals surface area contributed by atoms with E-state index in [0.717, 1.165) is 17.1 Å². The van der Waals surface area contributed by atoms with Crippen LogP contribution in [0.1, 0.15) is 18.4 Å². The predicted octanol–water partition coefficient (Wildman–Crippen LogP) is 2.54. The third-order valence-corrected chi connectivity index (χ3v) is 6.00. The van der Waals surface area contributed by atoms with Crippen molar-refractivity contribution in [2.24, 2.45) is 0 Å². The van der Waals surface area contributed by atoms with Gasteiger partial charge in [0.1, 0.15) is 23.6 Å². The van der Waals surface area contributed by atoms with E-state index in [2.05, 4.69) is 0 Å². The molecule has 4 rings (SSSR count). The van der Waals surface area contributed by atoms with Crippen molar-refractivity contribution in [2.45, 2.75) is 31.4 Å². The second kappa shape index (κ2) is 10.5. The maximum atomic E-state index is 13.3. The minimum atomic E-state index is -0.500. The topological polar surface area (TPSA) is 68.3 Å². The summed E-state index contributed by atoms with van der Waals surface area (Å²) in [6.45, 7) is 2.60. The molecule has 2 fully saturated rings. The van der Waals surface area contributed by atoms with Crippen molar-refractivity contribution in [1.29, 1.82) is 0 Å². The Morgan fingerprint density at radius 1 is 1.03 bits per heavy atom. The van der Waals surface area contributed by atoms with E-state index in [1.54, 1.807) is 16.9 Å². The van der Waals surface area contributed by atoms with Crippen LogP contribution in [0, 0.1) is 0 Å². The van der Waals surface area contributed by atoms with Gasteiger partial charge in [-0.1, -0.05) is 30.3 Å². The van der Waals surface area contributed by atoms with E-state index >= 15 is 0 Å². The zero-order valence-corrected chi connectivity index (χ0v) is 18.4. The van der Waals surface area contributed by atoms with Gasteiger partial charge in [-0.2, -0.15) is 0 Å². The van der Waals surface area contributed by atoms with Gasteiger partial charge in [0.15, 0.2) is 0 Å². The Kier molecular flexibility index (Phi) is 7.27. The summed E-state index contributed by atoms with van der Waals surface area (Å²) in [5.74, 6) is 1.48. The fraction of sp³-hybridized carbons (Fsp3) is 0.440. The lowest BCUT2D eigenvalue weighted by molar-refractivity contribution is -0.146. The average Bonchev–Trinajstić information content (AvgIpc) is 3.27. The number of para-hydroxylation sites is 1. The molecular weight excluding hydrogens is 408 g/mol. The second-order valence-electron chi connectivity index (χ2n) is 8.14. The SMILES string of the molecule is COc1cccc(CCC(=O)N2C[C@@H](Oc3ccccc3)C[C@@H]2C(=O)N2CCOCC2)c1. The van der Waals surface area contributed by atoms with Crippen molar-refractivity contribution < 1.29 is 23.8 Å². The number of likely N-dealkylation sites (tertiary alicyclic amines) is 1. The lowest BCUT2D eigenvalue weighted by Crippen LogP contribution is -2.51. The molecule has 2 aliphatic heterocycles. The molecule has 2 aromatic rings. The summed E-state index contributed by atoms with van der Waals surface area (Å²) in [5.41, 5.74) is 1.03. The number of hydrogen-bond donors (Lipinski definition) is 0. The van der Waals surface area contributed by atoms with Crippen LogP contribution in [0.3, 0.4) is 0 Å². The van der Waals surface area contributed by atoms with Crippen molar-refractivity contribution in [1.82, 2.24) is 9.80 Å². The Hall–Kier alpha value is -3.06. The summed E-state index contributed by atoms with van der Waals surface area (Å²) in [6, 6.07) is 16.8. The number of methoxy groups -OCH3 is 1. The maximum absolute atomic E-state index is 13.3. The van der Waals surface area contributed by atoms with E-state index in [1.807, 2.05) is 54.6 Å². The van der Waals surface area contributed by atoms with Crippen molar-refractivity contribution in [3.8, 4) is 11.5 Å². The van der Waals surface area contributed by atoms with Gasteiger partial charge in [-0.15, -0.1) is 0 Å². The molecule has 170 valence electrons. The number of carbonyl (C=O) groups is 2. The largest absolute Gasteiger partial charge is 0.497 e. The molecule has 0 spiro atoms. The van der Waals surface area contributed by atoms with Crippen LogP contribution in [-0.2, 0) is 20.7 Å². The first-order valence-electron chi connectivity index (χ1n) is 11.1. The highest BCUT2D eigenvalue weighted by molar-refractivity contribution is 5.88. The third-order valence-electron chi connectivity index (χ3n) is 6.00. The third kappa shape index (κ3) is 5.40. The molecule has 0 unspecified atom stereocenters. The molecule has 2 amide bonds. The van der Waals surface area contributed by atoms with Gasteiger partial charge in [0, 0.05) is 25.9 Å². The number of rotatable bonds is 7. The van der Waals surface area contributed by atoms with Crippen LogP contribution in [-0.4, -0.2) is 73.7 Å². The summed E-state index contributed by atoms with van der Waals surface area (Å²) >= 11 is 0. The standard InChI is InChI=1S/C25H30N2O5/c1-30-21-9-5-6-19(16-21)10-11-24(28)27-18-22(32-20-7-3-2-4-8-20)17-23(27)25(29)26-12-14-31-15-13-26/h2-9,16,22-23H,10-15,17-18H2,1H3/t22-,23+/m0/s1. The zero-order valence-electron chi connectivity index (χ0n) is 18.4. The molecule has 7 nitrogen and oxygen atoms in total. The Balaban J connectivity index is 1.45. The molecule has 0 N–H and O–H groups in total. The number of morpholine rings is 1. The normalized spacial score (nSPS) is 20.8. The fourth-order valence-electron chi connectivity index (χ4n) is 4.30. The van der Waals surface area contributed by atoms with E-state index in [0.29, 0.717) is 52.1 Å². The van der Waals surface area contributed by atoms with Gasteiger partial charge in [0.05, 0.1) is 26.9 Å². The quantitative estimate of drug-likeness (QED) is 0.665. The van der Waals surface area contributed by atoms with E-state index in [4.69, 9.17) is 14.2 Å². The monoisotopic (exact) mass is 438 g/mol. The van der Waals surface area contributed by atoms with Crippen LogP contribution >= 0.6 is 0 Å². The number of benzene rings is 2. The van der Waals surface area contributed by atoms with Gasteiger partial charge >= 0.3 is 0 Å². The van der Waals surface area contributed by atoms with E-state index in [-0.39, 0.29) is 17.9 Å². The molecule has 2 aliphatic rings. The number of ether oxygens (including phenoxy) is 3. The van der Waals surface area contributed by atoms with Crippen LogP contribution in [0.15, 0.2) is 54.6 Å². The first-order valence-corrected chi connectivity index (χ1v) is 11.1. The van der Waals surface area contributed by atoms with Crippen molar-refractivity contribution >= 4 is 11.8 Å². The van der Waals surface area contributed by atoms with E-state index < -0.39 is 6.04 Å². The Morgan fingerprint density at radius 2 is 1.78 bits per heavy atom. The first-order chi connectivity index (χ1) is 15.6. The molecule has 32 heavy (non-hydrogen) atoms. The molecule has 0 saturated carbocycles. The molecule has 0 aromatic heterocycles. The number of amides is 2. The summed E-state index contributed by atoms with van der Waals surface area (Å²) < 4.78 is 16.8. The number of carbonyl (C=O) groups excluding carboxylic acids is 2. The summed E-state index contributed by atoms with van der Waals surface area (Å²) in [6.07, 6.45) is 1.21. The number of hydrogen-bond acceptors (Lipinski definition) is 5. The molecule has 0 aliphatic carbocycles. The van der Waals surface area contributed by atoms with Gasteiger partial charge in [0.2, 0.25) is 11.8 Å². The van der Waals surface area contributed by atoms with Gasteiger partial charge in [-0.3, -0.25) is 9.59 Å². The Morgan fingerprint density at radius 3 is 2.53 bits per heavy atom. The van der Waals surface area contributed by atoms with E-state index in [9.17, 15) is 9.59 Å². The summed E-state index contributed by atoms with van der Waals surface area (Å²) in [4.78, 5) is 30.0. The number of aryl methyl sites for hydroxylation is 1. The highest BCUT2D eigenvalue weighted by atomic mass is 16.5. The minimum Gasteiger partial charge on any atom is -0.497 e. The van der Waals surface area contributed by atoms with Gasteiger partial charge in [0.25, 0.3) is 0 Å². The molecule has 2 atom stereocenters. The van der Waals surface area contributed by atoms with Crippen molar-refractivity contribution in [2.75, 3.05) is 40.0 Å². The van der Waals surface area contributed by atoms with Crippen LogP contribution in [0.2, 0.25) is 0 Å². The van der Waals surface area contributed by atoms with Crippen LogP contribution in [0.25, 0.3) is 0 Å². The predicted molar refractivity (Wildman–Crippen MR) is 120 cm³/mol. The van der Waals surface area contributed by atoms with E-state index in [1.165, 1.54) is 0 Å². The first kappa shape index (κ1) is 22.1. The minimum absolute atomic E-state index is 0.0119. The van der Waals surface area contributed by atoms with Gasteiger partial charge in [-0.25, -0.2) is 0 Å². The van der Waals surface area contributed by atoms with Gasteiger partial charge < -0.3 is 24.0 Å². The van der Waals surface area contributed by atoms with Gasteiger partial charge in [-0.05, 0) is 36.2 Å². The highest BCUT2D eigenvalue weighted by Gasteiger charge is 2.42.